The highest BCUT2D eigenvalue weighted by atomic mass is 32.2. The van der Waals surface area contributed by atoms with Crippen molar-refractivity contribution in [1.82, 2.24) is 20.2 Å². The number of thioether (sulfide) groups is 1. The van der Waals surface area contributed by atoms with E-state index in [4.69, 9.17) is 0 Å². The van der Waals surface area contributed by atoms with E-state index in [0.29, 0.717) is 10.7 Å². The first-order valence-electron chi connectivity index (χ1n) is 5.52. The maximum absolute atomic E-state index is 9.20. The number of nitriles is 1. The van der Waals surface area contributed by atoms with Crippen LogP contribution in [0.1, 0.15) is 5.69 Å². The number of rotatable bonds is 3. The molecule has 0 aliphatic carbocycles. The van der Waals surface area contributed by atoms with Crippen molar-refractivity contribution in [3.05, 3.63) is 30.0 Å². The number of hydrogen-bond donors (Lipinski definition) is 0. The van der Waals surface area contributed by atoms with Gasteiger partial charge in [-0.15, -0.1) is 10.2 Å². The zero-order valence-electron chi connectivity index (χ0n) is 10.3. The molecule has 5 nitrogen and oxygen atoms in total. The van der Waals surface area contributed by atoms with Crippen LogP contribution in [0, 0.1) is 11.3 Å². The van der Waals surface area contributed by atoms with E-state index < -0.39 is 0 Å². The van der Waals surface area contributed by atoms with E-state index >= 15 is 0 Å². The molecule has 0 saturated carbocycles. The summed E-state index contributed by atoms with van der Waals surface area (Å²) in [4.78, 5) is 8.81. The highest BCUT2D eigenvalue weighted by molar-refractivity contribution is 8.03. The fourth-order valence-corrected chi connectivity index (χ4v) is 3.91. The Balaban J connectivity index is 2.03. The predicted octanol–water partition coefficient (Wildman–Crippen LogP) is 3.23. The molecule has 0 radical (unpaired) electrons. The van der Waals surface area contributed by atoms with Gasteiger partial charge < -0.3 is 0 Å². The Morgan fingerprint density at radius 2 is 1.80 bits per heavy atom. The average molecular weight is 317 g/mol. The molecule has 0 unspecified atom stereocenters. The maximum atomic E-state index is 9.20. The summed E-state index contributed by atoms with van der Waals surface area (Å²) >= 11 is 4.35. The van der Waals surface area contributed by atoms with Gasteiger partial charge in [-0.2, -0.15) is 5.26 Å². The lowest BCUT2D eigenvalue weighted by Crippen LogP contribution is -1.93. The highest BCUT2D eigenvalue weighted by Gasteiger charge is 2.13. The van der Waals surface area contributed by atoms with Crippen LogP contribution in [0.15, 0.2) is 38.0 Å². The molecular weight excluding hydrogens is 310 g/mol. The number of para-hydroxylation sites is 2. The zero-order valence-corrected chi connectivity index (χ0v) is 12.7. The Hall–Kier alpha value is -1.69. The molecule has 1 aromatic carbocycles. The fourth-order valence-electron chi connectivity index (χ4n) is 1.53. The number of hydrogen-bond acceptors (Lipinski definition) is 8. The van der Waals surface area contributed by atoms with E-state index in [1.165, 1.54) is 23.1 Å². The van der Waals surface area contributed by atoms with Crippen LogP contribution in [0.2, 0.25) is 0 Å². The molecule has 0 spiro atoms. The summed E-state index contributed by atoms with van der Waals surface area (Å²) in [6, 6.07) is 9.58. The van der Waals surface area contributed by atoms with Gasteiger partial charge in [0.1, 0.15) is 11.1 Å². The van der Waals surface area contributed by atoms with Crippen LogP contribution in [0.5, 0.6) is 0 Å². The van der Waals surface area contributed by atoms with Crippen molar-refractivity contribution in [2.24, 2.45) is 0 Å². The minimum atomic E-state index is 0.314. The van der Waals surface area contributed by atoms with Crippen molar-refractivity contribution < 1.29 is 0 Å². The SMILES string of the molecule is CSc1nnc(Sc2nc3ccccc3nc2C#N)s1. The van der Waals surface area contributed by atoms with E-state index in [-0.39, 0.29) is 0 Å². The Labute approximate surface area is 127 Å². The Kier molecular flexibility index (Phi) is 3.82. The highest BCUT2D eigenvalue weighted by Crippen LogP contribution is 2.33. The van der Waals surface area contributed by atoms with E-state index in [9.17, 15) is 5.26 Å². The van der Waals surface area contributed by atoms with Crippen molar-refractivity contribution in [1.29, 1.82) is 5.26 Å². The number of benzene rings is 1. The Bertz CT molecular complexity index is 808. The van der Waals surface area contributed by atoms with Gasteiger partial charge in [0.2, 0.25) is 0 Å². The van der Waals surface area contributed by atoms with Gasteiger partial charge in [-0.3, -0.25) is 0 Å². The molecule has 2 aromatic heterocycles. The second kappa shape index (κ2) is 5.75. The molecule has 98 valence electrons. The molecule has 3 aromatic rings. The van der Waals surface area contributed by atoms with Gasteiger partial charge in [-0.1, -0.05) is 35.2 Å². The molecule has 0 saturated heterocycles. The normalized spacial score (nSPS) is 10.6. The van der Waals surface area contributed by atoms with Gasteiger partial charge in [0.25, 0.3) is 0 Å². The van der Waals surface area contributed by atoms with Crippen LogP contribution in [-0.4, -0.2) is 26.4 Å². The van der Waals surface area contributed by atoms with E-state index in [1.54, 1.807) is 11.8 Å². The zero-order chi connectivity index (χ0) is 13.9. The van der Waals surface area contributed by atoms with Gasteiger partial charge >= 0.3 is 0 Å². The van der Waals surface area contributed by atoms with Crippen LogP contribution in [0.4, 0.5) is 0 Å². The molecule has 0 fully saturated rings. The van der Waals surface area contributed by atoms with Crippen molar-refractivity contribution in [2.45, 2.75) is 13.7 Å². The molecule has 0 bridgehead atoms. The second-order valence-corrected chi connectivity index (χ2v) is 6.88. The van der Waals surface area contributed by atoms with Crippen LogP contribution < -0.4 is 0 Å². The van der Waals surface area contributed by atoms with Crippen LogP contribution in [0.25, 0.3) is 11.0 Å². The summed E-state index contributed by atoms with van der Waals surface area (Å²) in [5.41, 5.74) is 1.80. The first-order chi connectivity index (χ1) is 9.80. The summed E-state index contributed by atoms with van der Waals surface area (Å²) in [7, 11) is 0. The van der Waals surface area contributed by atoms with Crippen molar-refractivity contribution >= 4 is 45.9 Å². The van der Waals surface area contributed by atoms with Crippen molar-refractivity contribution in [3.8, 4) is 6.07 Å². The fraction of sp³-hybridized carbons (Fsp3) is 0.0833. The molecule has 0 amide bonds. The first kappa shape index (κ1) is 13.3. The van der Waals surface area contributed by atoms with E-state index in [1.807, 2.05) is 30.5 Å². The number of nitrogens with zero attached hydrogens (tertiary/aromatic N) is 5. The van der Waals surface area contributed by atoms with Crippen LogP contribution >= 0.6 is 34.9 Å². The quantitative estimate of drug-likeness (QED) is 0.686. The van der Waals surface area contributed by atoms with E-state index in [0.717, 1.165) is 19.7 Å². The molecule has 0 atom stereocenters. The molecule has 2 heterocycles. The van der Waals surface area contributed by atoms with Gasteiger partial charge in [0.05, 0.1) is 11.0 Å². The molecule has 8 heteroatoms. The summed E-state index contributed by atoms with van der Waals surface area (Å²) in [5.74, 6) is 0. The third kappa shape index (κ3) is 2.60. The third-order valence-corrected chi connectivity index (χ3v) is 5.32. The van der Waals surface area contributed by atoms with Gasteiger partial charge in [-0.25, -0.2) is 9.97 Å². The lowest BCUT2D eigenvalue weighted by atomic mass is 10.3. The molecule has 20 heavy (non-hydrogen) atoms. The van der Waals surface area contributed by atoms with Gasteiger partial charge in [0.15, 0.2) is 14.4 Å². The summed E-state index contributed by atoms with van der Waals surface area (Å²) in [5, 5.41) is 17.9. The van der Waals surface area contributed by atoms with Gasteiger partial charge in [0, 0.05) is 0 Å². The third-order valence-electron chi connectivity index (χ3n) is 2.39. The second-order valence-electron chi connectivity index (χ2n) is 3.62. The predicted molar refractivity (Wildman–Crippen MR) is 80.1 cm³/mol. The van der Waals surface area contributed by atoms with Crippen molar-refractivity contribution in [2.75, 3.05) is 6.26 Å². The number of fused-ring (bicyclic) bond motifs is 1. The standard InChI is InChI=1S/C12H7N5S3/c1-18-11-16-17-12(20-11)19-10-9(6-13)14-7-4-2-3-5-8(7)15-10/h2-5H,1H3. The van der Waals surface area contributed by atoms with Crippen LogP contribution in [-0.2, 0) is 0 Å². The molecule has 0 aliphatic heterocycles. The smallest absolute Gasteiger partial charge is 0.181 e. The maximum Gasteiger partial charge on any atom is 0.181 e. The van der Waals surface area contributed by atoms with Crippen molar-refractivity contribution in [3.63, 3.8) is 0 Å². The summed E-state index contributed by atoms with van der Waals surface area (Å²) < 4.78 is 1.65. The van der Waals surface area contributed by atoms with Gasteiger partial charge in [-0.05, 0) is 30.2 Å². The lowest BCUT2D eigenvalue weighted by Gasteiger charge is -2.02. The Morgan fingerprint density at radius 1 is 1.10 bits per heavy atom. The first-order valence-corrected chi connectivity index (χ1v) is 8.38. The summed E-state index contributed by atoms with van der Waals surface area (Å²) in [6.45, 7) is 0. The largest absolute Gasteiger partial charge is 0.236 e. The Morgan fingerprint density at radius 3 is 2.45 bits per heavy atom. The van der Waals surface area contributed by atoms with E-state index in [2.05, 4.69) is 26.2 Å². The molecular formula is C12H7N5S3. The minimum absolute atomic E-state index is 0.314. The monoisotopic (exact) mass is 317 g/mol. The topological polar surface area (TPSA) is 75.3 Å². The minimum Gasteiger partial charge on any atom is -0.236 e. The molecule has 0 aliphatic rings. The average Bonchev–Trinajstić information content (AvgIpc) is 2.94. The molecule has 3 rings (SSSR count). The summed E-state index contributed by atoms with van der Waals surface area (Å²) in [6.07, 6.45) is 1.95. The lowest BCUT2D eigenvalue weighted by molar-refractivity contribution is 0.952. The number of aromatic nitrogens is 4. The molecule has 0 N–H and O–H groups in total. The van der Waals surface area contributed by atoms with Crippen LogP contribution in [0.3, 0.4) is 0 Å².